The zero-order chi connectivity index (χ0) is 24.1. The van der Waals surface area contributed by atoms with Gasteiger partial charge in [-0.2, -0.15) is 13.2 Å². The second-order valence-corrected chi connectivity index (χ2v) is 8.34. The van der Waals surface area contributed by atoms with E-state index >= 15 is 0 Å². The lowest BCUT2D eigenvalue weighted by Crippen LogP contribution is -2.05. The molecule has 2 heterocycles. The van der Waals surface area contributed by atoms with E-state index in [0.717, 1.165) is 28.8 Å². The van der Waals surface area contributed by atoms with Crippen molar-refractivity contribution in [2.75, 3.05) is 6.54 Å². The predicted molar refractivity (Wildman–Crippen MR) is 121 cm³/mol. The van der Waals surface area contributed by atoms with E-state index in [0.29, 0.717) is 23.7 Å². The van der Waals surface area contributed by atoms with E-state index < -0.39 is 17.8 Å². The van der Waals surface area contributed by atoms with Crippen molar-refractivity contribution in [3.8, 4) is 16.9 Å². The van der Waals surface area contributed by atoms with Gasteiger partial charge in [0.15, 0.2) is 5.69 Å². The Morgan fingerprint density at radius 1 is 1.18 bits per heavy atom. The highest BCUT2D eigenvalue weighted by molar-refractivity contribution is 7.09. The van der Waals surface area contributed by atoms with Gasteiger partial charge < -0.3 is 4.57 Å². The van der Waals surface area contributed by atoms with Gasteiger partial charge in [0, 0.05) is 34.3 Å². The smallest absolute Gasteiger partial charge is 0.306 e. The highest BCUT2D eigenvalue weighted by Gasteiger charge is 2.33. The summed E-state index contributed by atoms with van der Waals surface area (Å²) in [7, 11) is 0. The van der Waals surface area contributed by atoms with E-state index in [2.05, 4.69) is 25.1 Å². The molecule has 7 nitrogen and oxygen atoms in total. The highest BCUT2D eigenvalue weighted by Crippen LogP contribution is 2.28. The predicted octanol–water partition coefficient (Wildman–Crippen LogP) is 6.02. The fourth-order valence-corrected chi connectivity index (χ4v) is 3.83. The maximum absolute atomic E-state index is 12.8. The van der Waals surface area contributed by atoms with Gasteiger partial charge in [-0.1, -0.05) is 29.8 Å². The first-order valence-corrected chi connectivity index (χ1v) is 11.1. The minimum atomic E-state index is -4.55. The third-order valence-electron chi connectivity index (χ3n) is 4.58. The summed E-state index contributed by atoms with van der Waals surface area (Å²) in [6, 6.07) is 13.3. The zero-order valence-corrected chi connectivity index (χ0v) is 18.8. The van der Waals surface area contributed by atoms with Crippen molar-refractivity contribution in [3.05, 3.63) is 87.7 Å². The van der Waals surface area contributed by atoms with Gasteiger partial charge in [-0.15, -0.1) is 11.3 Å². The number of alkyl halides is 3. The molecule has 0 atom stereocenters. The van der Waals surface area contributed by atoms with Crippen LogP contribution in [0.1, 0.15) is 21.1 Å². The number of thiazole rings is 1. The quantitative estimate of drug-likeness (QED) is 0.238. The number of rotatable bonds is 6. The average molecular weight is 504 g/mol. The molecule has 0 N–H and O–H groups in total. The lowest BCUT2D eigenvalue weighted by Gasteiger charge is -2.03. The van der Waals surface area contributed by atoms with Gasteiger partial charge in [0.1, 0.15) is 11.7 Å². The van der Waals surface area contributed by atoms with Crippen molar-refractivity contribution in [1.29, 1.82) is 0 Å². The van der Waals surface area contributed by atoms with E-state index in [1.165, 1.54) is 34.1 Å². The average Bonchev–Trinajstić information content (AvgIpc) is 3.50. The number of aromatic nitrogens is 3. The molecule has 0 aliphatic carbocycles. The van der Waals surface area contributed by atoms with Gasteiger partial charge in [-0.25, -0.2) is 9.97 Å². The molecule has 1 amide bonds. The van der Waals surface area contributed by atoms with E-state index in [1.54, 1.807) is 18.2 Å². The van der Waals surface area contributed by atoms with Crippen molar-refractivity contribution < 1.29 is 18.0 Å². The Morgan fingerprint density at radius 2 is 1.97 bits per heavy atom. The molecular formula is C22H15ClF3N6OS+. The Kier molecular flexibility index (Phi) is 6.97. The molecule has 0 fully saturated rings. The van der Waals surface area contributed by atoms with Gasteiger partial charge in [-0.3, -0.25) is 4.79 Å². The summed E-state index contributed by atoms with van der Waals surface area (Å²) < 4.78 is 39.4. The van der Waals surface area contributed by atoms with E-state index in [9.17, 15) is 18.0 Å². The molecule has 0 aliphatic rings. The van der Waals surface area contributed by atoms with Gasteiger partial charge in [0.25, 0.3) is 0 Å². The van der Waals surface area contributed by atoms with Crippen LogP contribution < -0.4 is 4.91 Å². The molecule has 0 radical (unpaired) electrons. The zero-order valence-electron chi connectivity index (χ0n) is 17.3. The summed E-state index contributed by atoms with van der Waals surface area (Å²) in [5, 5.41) is 10.9. The first-order valence-electron chi connectivity index (χ1n) is 9.83. The van der Waals surface area contributed by atoms with Crippen molar-refractivity contribution in [1.82, 2.24) is 19.4 Å². The maximum Gasteiger partial charge on any atom is 0.434 e. The van der Waals surface area contributed by atoms with E-state index in [4.69, 9.17) is 11.6 Å². The van der Waals surface area contributed by atoms with E-state index in [-0.39, 0.29) is 5.56 Å². The summed E-state index contributed by atoms with van der Waals surface area (Å²) in [5.74, 6) is -0.666. The molecule has 0 bridgehead atoms. The number of benzene rings is 2. The molecule has 0 unspecified atom stereocenters. The number of carbonyl (C=O) groups excluding carboxylic acids is 1. The third kappa shape index (κ3) is 5.82. The van der Waals surface area contributed by atoms with Crippen molar-refractivity contribution in [2.24, 2.45) is 10.2 Å². The van der Waals surface area contributed by atoms with Gasteiger partial charge in [0.05, 0.1) is 22.6 Å². The minimum Gasteiger partial charge on any atom is -0.306 e. The highest BCUT2D eigenvalue weighted by atomic mass is 35.5. The Balaban J connectivity index is 1.36. The number of hydrogen-bond donors (Lipinski definition) is 0. The summed E-state index contributed by atoms with van der Waals surface area (Å²) >= 11 is 7.39. The standard InChI is InChI=1S/C22H15ClF3N6OS/c23-16-6-4-14(5-7-16)18-12-34-20(29-18)8-9-28-31-30-21(33)15-2-1-3-17(10-15)32-11-19(27-13-32)22(24,25)26/h1-7,10-13H,8-9H2/q+1. The Hall–Kier alpha value is -3.66. The van der Waals surface area contributed by atoms with Crippen LogP contribution in [0.2, 0.25) is 5.02 Å². The molecule has 4 rings (SSSR count). The van der Waals surface area contributed by atoms with Crippen LogP contribution in [0, 0.1) is 0 Å². The van der Waals surface area contributed by atoms with Crippen molar-refractivity contribution in [2.45, 2.75) is 12.6 Å². The van der Waals surface area contributed by atoms with E-state index in [1.807, 2.05) is 17.5 Å². The number of amides is 1. The molecule has 4 aromatic rings. The fraction of sp³-hybridized carbons (Fsp3) is 0.136. The molecule has 12 heteroatoms. The molecule has 172 valence electrons. The molecule has 0 saturated heterocycles. The summed E-state index contributed by atoms with van der Waals surface area (Å²) in [4.78, 5) is 23.7. The second kappa shape index (κ2) is 10.1. The maximum atomic E-state index is 12.8. The summed E-state index contributed by atoms with van der Waals surface area (Å²) in [6.45, 7) is 0.291. The number of nitrogens with zero attached hydrogens (tertiary/aromatic N) is 6. The SMILES string of the molecule is O=C(N=[N+]=NCCc1nc(-c2ccc(Cl)cc2)cs1)c1cccc(-n2cnc(C(F)(F)F)c2)c1. The van der Waals surface area contributed by atoms with Crippen LogP contribution in [-0.4, -0.2) is 27.0 Å². The van der Waals surface area contributed by atoms with Gasteiger partial charge in [-0.05, 0) is 30.3 Å². The first-order chi connectivity index (χ1) is 16.3. The van der Waals surface area contributed by atoms with Crippen LogP contribution in [0.4, 0.5) is 13.2 Å². The van der Waals surface area contributed by atoms with Crippen LogP contribution in [-0.2, 0) is 12.6 Å². The molecule has 0 saturated carbocycles. The number of carbonyl (C=O) groups is 1. The number of imidazole rings is 1. The number of halogens is 4. The number of hydrogen-bond acceptors (Lipinski definition) is 5. The monoisotopic (exact) mass is 503 g/mol. The Morgan fingerprint density at radius 3 is 2.71 bits per heavy atom. The topological polar surface area (TPSA) is 86.6 Å². The molecule has 0 aliphatic heterocycles. The summed E-state index contributed by atoms with van der Waals surface area (Å²) in [6.07, 6.45) is -2.15. The Labute approximate surface area is 200 Å². The van der Waals surface area contributed by atoms with Crippen LogP contribution in [0.5, 0.6) is 0 Å². The molecular weight excluding hydrogens is 489 g/mol. The van der Waals surface area contributed by atoms with Gasteiger partial charge >= 0.3 is 12.1 Å². The molecule has 0 spiro atoms. The summed E-state index contributed by atoms with van der Waals surface area (Å²) in [5.41, 5.74) is 1.27. The molecule has 2 aromatic carbocycles. The molecule has 34 heavy (non-hydrogen) atoms. The third-order valence-corrected chi connectivity index (χ3v) is 5.74. The van der Waals surface area contributed by atoms with Crippen LogP contribution in [0.3, 0.4) is 0 Å². The second-order valence-electron chi connectivity index (χ2n) is 6.96. The van der Waals surface area contributed by atoms with Crippen LogP contribution >= 0.6 is 22.9 Å². The lowest BCUT2D eigenvalue weighted by molar-refractivity contribution is -0.140. The normalized spacial score (nSPS) is 11.2. The van der Waals surface area contributed by atoms with Crippen LogP contribution in [0.25, 0.3) is 16.9 Å². The first kappa shape index (κ1) is 23.5. The van der Waals surface area contributed by atoms with Crippen LogP contribution in [0.15, 0.2) is 76.7 Å². The largest absolute Gasteiger partial charge is 0.434 e. The van der Waals surface area contributed by atoms with Crippen molar-refractivity contribution >= 4 is 28.8 Å². The lowest BCUT2D eigenvalue weighted by atomic mass is 10.2. The Bertz CT molecular complexity index is 1370. The van der Waals surface area contributed by atoms with Gasteiger partial charge in [0.2, 0.25) is 10.0 Å². The minimum absolute atomic E-state index is 0.159. The van der Waals surface area contributed by atoms with Crippen molar-refractivity contribution in [3.63, 3.8) is 0 Å². The molecule has 2 aromatic heterocycles. The fourth-order valence-electron chi connectivity index (χ4n) is 2.91.